The van der Waals surface area contributed by atoms with Gasteiger partial charge in [0, 0.05) is 24.7 Å². The van der Waals surface area contributed by atoms with E-state index in [9.17, 15) is 4.79 Å². The van der Waals surface area contributed by atoms with Gasteiger partial charge in [-0.1, -0.05) is 13.8 Å². The second-order valence-electron chi connectivity index (χ2n) is 4.78. The third-order valence-electron chi connectivity index (χ3n) is 2.89. The number of nitrogens with one attached hydrogen (secondary N) is 2. The fourth-order valence-electron chi connectivity index (χ4n) is 1.85. The van der Waals surface area contributed by atoms with Crippen LogP contribution in [0.3, 0.4) is 0 Å². The first kappa shape index (κ1) is 17.1. The largest absolute Gasteiger partial charge is 0.493 e. The second-order valence-corrected chi connectivity index (χ2v) is 4.78. The molecule has 0 aliphatic carbocycles. The van der Waals surface area contributed by atoms with Crippen molar-refractivity contribution >= 4 is 5.91 Å². The van der Waals surface area contributed by atoms with Crippen molar-refractivity contribution in [3.8, 4) is 17.2 Å². The molecule has 0 heterocycles. The lowest BCUT2D eigenvalue weighted by Crippen LogP contribution is -2.34. The number of rotatable bonds is 8. The van der Waals surface area contributed by atoms with Crippen LogP contribution in [-0.2, 0) is 0 Å². The van der Waals surface area contributed by atoms with Gasteiger partial charge in [-0.05, 0) is 12.1 Å². The molecule has 0 fully saturated rings. The third kappa shape index (κ3) is 4.82. The van der Waals surface area contributed by atoms with Crippen LogP contribution >= 0.6 is 0 Å². The van der Waals surface area contributed by atoms with Crippen LogP contribution in [-0.4, -0.2) is 46.4 Å². The van der Waals surface area contributed by atoms with Crippen molar-refractivity contribution in [3.63, 3.8) is 0 Å². The molecule has 0 saturated heterocycles. The van der Waals surface area contributed by atoms with Crippen LogP contribution in [0.1, 0.15) is 24.2 Å². The van der Waals surface area contributed by atoms with E-state index in [0.29, 0.717) is 41.9 Å². The van der Waals surface area contributed by atoms with Gasteiger partial charge < -0.3 is 24.8 Å². The Balaban J connectivity index is 2.80. The molecule has 1 rings (SSSR count). The van der Waals surface area contributed by atoms with Gasteiger partial charge in [0.1, 0.15) is 0 Å². The zero-order valence-electron chi connectivity index (χ0n) is 13.3. The number of hydrogen-bond acceptors (Lipinski definition) is 5. The molecule has 1 amide bonds. The van der Waals surface area contributed by atoms with Crippen LogP contribution in [0.25, 0.3) is 0 Å². The maximum Gasteiger partial charge on any atom is 0.251 e. The molecule has 1 aromatic rings. The third-order valence-corrected chi connectivity index (χ3v) is 2.89. The summed E-state index contributed by atoms with van der Waals surface area (Å²) in [5.74, 6) is 1.21. The Labute approximate surface area is 125 Å². The number of hydrogen-bond donors (Lipinski definition) is 2. The molecule has 0 radical (unpaired) electrons. The summed E-state index contributed by atoms with van der Waals surface area (Å²) in [6.07, 6.45) is 0. The van der Waals surface area contributed by atoms with Crippen molar-refractivity contribution in [2.45, 2.75) is 19.9 Å². The Hall–Kier alpha value is -1.95. The monoisotopic (exact) mass is 296 g/mol. The summed E-state index contributed by atoms with van der Waals surface area (Å²) < 4.78 is 15.7. The number of carbonyl (C=O) groups excluding carboxylic acids is 1. The quantitative estimate of drug-likeness (QED) is 0.711. The Morgan fingerprint density at radius 2 is 1.62 bits per heavy atom. The molecule has 0 atom stereocenters. The highest BCUT2D eigenvalue weighted by molar-refractivity contribution is 5.95. The van der Waals surface area contributed by atoms with Crippen LogP contribution in [0.2, 0.25) is 0 Å². The number of ether oxygens (including phenoxy) is 3. The van der Waals surface area contributed by atoms with Gasteiger partial charge in [0.05, 0.1) is 21.3 Å². The molecular weight excluding hydrogens is 272 g/mol. The predicted molar refractivity (Wildman–Crippen MR) is 81.6 cm³/mol. The Kier molecular flexibility index (Phi) is 6.81. The molecule has 1 aromatic carbocycles. The summed E-state index contributed by atoms with van der Waals surface area (Å²) in [5.41, 5.74) is 0.467. The number of methoxy groups -OCH3 is 3. The smallest absolute Gasteiger partial charge is 0.251 e. The lowest BCUT2D eigenvalue weighted by atomic mass is 10.1. The molecule has 2 N–H and O–H groups in total. The maximum atomic E-state index is 12.1. The molecule has 0 bridgehead atoms. The van der Waals surface area contributed by atoms with Gasteiger partial charge >= 0.3 is 0 Å². The molecule has 6 heteroatoms. The van der Waals surface area contributed by atoms with Gasteiger partial charge in [0.2, 0.25) is 5.75 Å². The first-order valence-corrected chi connectivity index (χ1v) is 6.85. The summed E-state index contributed by atoms with van der Waals surface area (Å²) in [4.78, 5) is 12.1. The topological polar surface area (TPSA) is 68.8 Å². The van der Waals surface area contributed by atoms with Crippen molar-refractivity contribution in [3.05, 3.63) is 17.7 Å². The lowest BCUT2D eigenvalue weighted by molar-refractivity contribution is 0.0953. The highest BCUT2D eigenvalue weighted by Gasteiger charge is 2.16. The van der Waals surface area contributed by atoms with Gasteiger partial charge in [-0.25, -0.2) is 0 Å². The van der Waals surface area contributed by atoms with E-state index >= 15 is 0 Å². The molecule has 0 aliphatic heterocycles. The van der Waals surface area contributed by atoms with E-state index in [2.05, 4.69) is 24.5 Å². The zero-order valence-corrected chi connectivity index (χ0v) is 13.3. The van der Waals surface area contributed by atoms with Crippen molar-refractivity contribution < 1.29 is 19.0 Å². The van der Waals surface area contributed by atoms with E-state index in [4.69, 9.17) is 14.2 Å². The van der Waals surface area contributed by atoms with Gasteiger partial charge in [0.15, 0.2) is 11.5 Å². The first-order valence-electron chi connectivity index (χ1n) is 6.85. The van der Waals surface area contributed by atoms with Gasteiger partial charge in [-0.2, -0.15) is 0 Å². The van der Waals surface area contributed by atoms with Crippen LogP contribution in [0.15, 0.2) is 12.1 Å². The van der Waals surface area contributed by atoms with Crippen molar-refractivity contribution in [2.75, 3.05) is 34.4 Å². The fourth-order valence-corrected chi connectivity index (χ4v) is 1.85. The van der Waals surface area contributed by atoms with Crippen molar-refractivity contribution in [1.82, 2.24) is 10.6 Å². The highest BCUT2D eigenvalue weighted by Crippen LogP contribution is 2.38. The molecule has 6 nitrogen and oxygen atoms in total. The van der Waals surface area contributed by atoms with Crippen LogP contribution < -0.4 is 24.8 Å². The Bertz CT molecular complexity index is 450. The first-order chi connectivity index (χ1) is 10.0. The Morgan fingerprint density at radius 3 is 2.05 bits per heavy atom. The molecule has 0 spiro atoms. The number of carbonyl (C=O) groups is 1. The summed E-state index contributed by atoms with van der Waals surface area (Å²) in [6, 6.07) is 3.65. The summed E-state index contributed by atoms with van der Waals surface area (Å²) in [7, 11) is 4.56. The summed E-state index contributed by atoms with van der Waals surface area (Å²) in [6.45, 7) is 5.38. The van der Waals surface area contributed by atoms with Gasteiger partial charge in [-0.15, -0.1) is 0 Å². The molecule has 0 aliphatic rings. The lowest BCUT2D eigenvalue weighted by Gasteiger charge is -2.14. The zero-order chi connectivity index (χ0) is 15.8. The molecular formula is C15H24N2O4. The number of benzene rings is 1. The van der Waals surface area contributed by atoms with Crippen molar-refractivity contribution in [2.24, 2.45) is 0 Å². The van der Waals surface area contributed by atoms with E-state index in [1.165, 1.54) is 21.3 Å². The molecule has 0 aromatic heterocycles. The number of amides is 1. The van der Waals surface area contributed by atoms with Gasteiger partial charge in [0.25, 0.3) is 5.91 Å². The van der Waals surface area contributed by atoms with Crippen LogP contribution in [0.4, 0.5) is 0 Å². The predicted octanol–water partition coefficient (Wildman–Crippen LogP) is 1.44. The average Bonchev–Trinajstić information content (AvgIpc) is 2.49. The highest BCUT2D eigenvalue weighted by atomic mass is 16.5. The summed E-state index contributed by atoms with van der Waals surface area (Å²) >= 11 is 0. The molecule has 21 heavy (non-hydrogen) atoms. The van der Waals surface area contributed by atoms with Crippen molar-refractivity contribution in [1.29, 1.82) is 0 Å². The minimum Gasteiger partial charge on any atom is -0.493 e. The average molecular weight is 296 g/mol. The normalized spacial score (nSPS) is 10.4. The van der Waals surface area contributed by atoms with E-state index < -0.39 is 0 Å². The van der Waals surface area contributed by atoms with Crippen LogP contribution in [0.5, 0.6) is 17.2 Å². The van der Waals surface area contributed by atoms with E-state index in [1.54, 1.807) is 12.1 Å². The fraction of sp³-hybridized carbons (Fsp3) is 0.533. The van der Waals surface area contributed by atoms with Gasteiger partial charge in [-0.3, -0.25) is 4.79 Å². The Morgan fingerprint density at radius 1 is 1.05 bits per heavy atom. The van der Waals surface area contributed by atoms with E-state index in [-0.39, 0.29) is 5.91 Å². The SMILES string of the molecule is COc1cc(C(=O)NCCNC(C)C)cc(OC)c1OC. The van der Waals surface area contributed by atoms with E-state index in [1.807, 2.05) is 0 Å². The molecule has 0 unspecified atom stereocenters. The van der Waals surface area contributed by atoms with E-state index in [0.717, 1.165) is 0 Å². The minimum absolute atomic E-state index is 0.181. The second kappa shape index (κ2) is 8.36. The summed E-state index contributed by atoms with van der Waals surface area (Å²) in [5, 5.41) is 6.07. The standard InChI is InChI=1S/C15H24N2O4/c1-10(2)16-6-7-17-15(18)11-8-12(19-3)14(21-5)13(9-11)20-4/h8-10,16H,6-7H2,1-5H3,(H,17,18). The minimum atomic E-state index is -0.181. The maximum absolute atomic E-state index is 12.1. The van der Waals surface area contributed by atoms with Crippen LogP contribution in [0, 0.1) is 0 Å². The molecule has 0 saturated carbocycles. The molecule has 118 valence electrons.